The molecule has 0 saturated carbocycles. The van der Waals surface area contributed by atoms with E-state index >= 15 is 0 Å². The van der Waals surface area contributed by atoms with Crippen molar-refractivity contribution in [3.63, 3.8) is 0 Å². The van der Waals surface area contributed by atoms with Gasteiger partial charge in [-0.25, -0.2) is 0 Å². The molecule has 2 heterocycles. The van der Waals surface area contributed by atoms with E-state index in [1.54, 1.807) is 12.4 Å². The molecule has 1 fully saturated rings. The minimum Gasteiger partial charge on any atom is -0.334 e. The van der Waals surface area contributed by atoms with Crippen LogP contribution in [0.15, 0.2) is 18.5 Å². The van der Waals surface area contributed by atoms with Crippen molar-refractivity contribution in [2.45, 2.75) is 45.2 Å². The smallest absolute Gasteiger partial charge is 0.255 e. The van der Waals surface area contributed by atoms with Crippen LogP contribution < -0.4 is 5.73 Å². The normalized spacial score (nSPS) is 21.7. The maximum absolute atomic E-state index is 12.5. The van der Waals surface area contributed by atoms with E-state index in [1.807, 2.05) is 24.8 Å². The fourth-order valence-electron chi connectivity index (χ4n) is 2.59. The van der Waals surface area contributed by atoms with Gasteiger partial charge in [0.15, 0.2) is 0 Å². The van der Waals surface area contributed by atoms with Crippen molar-refractivity contribution in [1.29, 1.82) is 0 Å². The fourth-order valence-corrected chi connectivity index (χ4v) is 2.59. The number of piperidine rings is 1. The summed E-state index contributed by atoms with van der Waals surface area (Å²) in [6.45, 7) is 4.73. The van der Waals surface area contributed by atoms with Crippen LogP contribution in [-0.2, 0) is 0 Å². The summed E-state index contributed by atoms with van der Waals surface area (Å²) in [5.41, 5.74) is 7.67. The summed E-state index contributed by atoms with van der Waals surface area (Å²) >= 11 is 0. The Balaban J connectivity index is 2.21. The van der Waals surface area contributed by atoms with Gasteiger partial charge in [-0.3, -0.25) is 9.78 Å². The fraction of sp³-hybridized carbons (Fsp3) is 0.571. The van der Waals surface area contributed by atoms with Gasteiger partial charge in [0.1, 0.15) is 0 Å². The third-order valence-electron chi connectivity index (χ3n) is 3.54. The van der Waals surface area contributed by atoms with Gasteiger partial charge in [-0.15, -0.1) is 0 Å². The number of carbonyl (C=O) groups excluding carboxylic acids is 1. The van der Waals surface area contributed by atoms with Crippen molar-refractivity contribution in [2.75, 3.05) is 6.54 Å². The molecular weight excluding hydrogens is 226 g/mol. The molecule has 4 nitrogen and oxygen atoms in total. The Morgan fingerprint density at radius 1 is 1.50 bits per heavy atom. The number of aryl methyl sites for hydroxylation is 1. The highest BCUT2D eigenvalue weighted by molar-refractivity contribution is 5.94. The topological polar surface area (TPSA) is 59.2 Å². The molecule has 0 bridgehead atoms. The second kappa shape index (κ2) is 5.48. The second-order valence-electron chi connectivity index (χ2n) is 5.17. The number of nitrogens with zero attached hydrogens (tertiary/aromatic N) is 2. The first kappa shape index (κ1) is 13.0. The quantitative estimate of drug-likeness (QED) is 0.866. The molecule has 4 heteroatoms. The lowest BCUT2D eigenvalue weighted by Crippen LogP contribution is -2.51. The van der Waals surface area contributed by atoms with Crippen LogP contribution in [0.1, 0.15) is 42.1 Å². The molecule has 2 N–H and O–H groups in total. The highest BCUT2D eigenvalue weighted by atomic mass is 16.2. The van der Waals surface area contributed by atoms with Gasteiger partial charge >= 0.3 is 0 Å². The number of rotatable bonds is 2. The lowest BCUT2D eigenvalue weighted by Gasteiger charge is -2.38. The molecule has 0 aromatic carbocycles. The van der Waals surface area contributed by atoms with Crippen LogP contribution in [0, 0.1) is 6.92 Å². The molecule has 1 aromatic rings. The van der Waals surface area contributed by atoms with Crippen molar-refractivity contribution in [2.24, 2.45) is 5.73 Å². The first-order valence-corrected chi connectivity index (χ1v) is 6.58. The van der Waals surface area contributed by atoms with Crippen LogP contribution in [-0.4, -0.2) is 34.4 Å². The number of nitrogens with two attached hydrogens (primary N) is 1. The third kappa shape index (κ3) is 2.70. The summed E-state index contributed by atoms with van der Waals surface area (Å²) in [4.78, 5) is 18.5. The van der Waals surface area contributed by atoms with E-state index in [0.717, 1.165) is 31.4 Å². The lowest BCUT2D eigenvalue weighted by molar-refractivity contribution is 0.0583. The highest BCUT2D eigenvalue weighted by Crippen LogP contribution is 2.21. The van der Waals surface area contributed by atoms with Gasteiger partial charge in [-0.1, -0.05) is 0 Å². The molecule has 1 aliphatic rings. The van der Waals surface area contributed by atoms with Gasteiger partial charge < -0.3 is 10.6 Å². The van der Waals surface area contributed by atoms with E-state index in [1.165, 1.54) is 0 Å². The van der Waals surface area contributed by atoms with Crippen molar-refractivity contribution >= 4 is 5.91 Å². The second-order valence-corrected chi connectivity index (χ2v) is 5.17. The average Bonchev–Trinajstić information content (AvgIpc) is 2.38. The molecule has 1 aliphatic heterocycles. The molecule has 98 valence electrons. The minimum absolute atomic E-state index is 0.0204. The molecule has 2 rings (SSSR count). The standard InChI is InChI=1S/C14H21N3O/c1-10-7-12(9-16-8-10)14(18)17-6-4-3-5-13(17)11(2)15/h7-9,11,13H,3-6,15H2,1-2H3/t11-,13-/m1/s1. The molecule has 1 saturated heterocycles. The number of likely N-dealkylation sites (tertiary alicyclic amines) is 1. The molecule has 1 aromatic heterocycles. The number of hydrogen-bond donors (Lipinski definition) is 1. The van der Waals surface area contributed by atoms with Gasteiger partial charge in [-0.2, -0.15) is 0 Å². The van der Waals surface area contributed by atoms with E-state index in [-0.39, 0.29) is 18.0 Å². The van der Waals surface area contributed by atoms with Gasteiger partial charge in [0, 0.05) is 31.0 Å². The molecule has 0 aliphatic carbocycles. The van der Waals surface area contributed by atoms with Crippen LogP contribution in [0.5, 0.6) is 0 Å². The molecule has 2 atom stereocenters. The molecule has 0 radical (unpaired) electrons. The predicted octanol–water partition coefficient (Wildman–Crippen LogP) is 1.73. The van der Waals surface area contributed by atoms with E-state index in [4.69, 9.17) is 5.73 Å². The van der Waals surface area contributed by atoms with E-state index < -0.39 is 0 Å². The Bertz CT molecular complexity index is 431. The van der Waals surface area contributed by atoms with Crippen LogP contribution in [0.2, 0.25) is 0 Å². The summed E-state index contributed by atoms with van der Waals surface area (Å²) in [5.74, 6) is 0.0631. The average molecular weight is 247 g/mol. The maximum Gasteiger partial charge on any atom is 0.255 e. The Morgan fingerprint density at radius 2 is 2.28 bits per heavy atom. The molecule has 1 amide bonds. The van der Waals surface area contributed by atoms with Crippen LogP contribution >= 0.6 is 0 Å². The number of carbonyl (C=O) groups is 1. The zero-order valence-corrected chi connectivity index (χ0v) is 11.1. The predicted molar refractivity (Wildman–Crippen MR) is 71.3 cm³/mol. The zero-order valence-electron chi connectivity index (χ0n) is 11.1. The molecule has 18 heavy (non-hydrogen) atoms. The molecule has 0 unspecified atom stereocenters. The Morgan fingerprint density at radius 3 is 2.94 bits per heavy atom. The molecule has 0 spiro atoms. The maximum atomic E-state index is 12.5. The van der Waals surface area contributed by atoms with Crippen LogP contribution in [0.4, 0.5) is 0 Å². The van der Waals surface area contributed by atoms with Gasteiger partial charge in [0.2, 0.25) is 0 Å². The van der Waals surface area contributed by atoms with Gasteiger partial charge in [0.05, 0.1) is 5.56 Å². The van der Waals surface area contributed by atoms with E-state index in [2.05, 4.69) is 4.98 Å². The van der Waals surface area contributed by atoms with Crippen LogP contribution in [0.25, 0.3) is 0 Å². The highest BCUT2D eigenvalue weighted by Gasteiger charge is 2.29. The van der Waals surface area contributed by atoms with Crippen molar-refractivity contribution in [3.05, 3.63) is 29.6 Å². The monoisotopic (exact) mass is 247 g/mol. The van der Waals surface area contributed by atoms with Gasteiger partial charge in [0.25, 0.3) is 5.91 Å². The number of aromatic nitrogens is 1. The zero-order chi connectivity index (χ0) is 13.1. The SMILES string of the molecule is Cc1cncc(C(=O)N2CCCC[C@@H]2[C@@H](C)N)c1. The summed E-state index contributed by atoms with van der Waals surface area (Å²) in [6.07, 6.45) is 6.62. The summed E-state index contributed by atoms with van der Waals surface area (Å²) in [6, 6.07) is 2.07. The number of pyridine rings is 1. The first-order valence-electron chi connectivity index (χ1n) is 6.58. The van der Waals surface area contributed by atoms with Gasteiger partial charge in [-0.05, 0) is 44.7 Å². The van der Waals surface area contributed by atoms with Crippen molar-refractivity contribution in [1.82, 2.24) is 9.88 Å². The Labute approximate surface area is 108 Å². The Hall–Kier alpha value is -1.42. The van der Waals surface area contributed by atoms with E-state index in [0.29, 0.717) is 5.56 Å². The number of amides is 1. The largest absolute Gasteiger partial charge is 0.334 e. The van der Waals surface area contributed by atoms with Crippen molar-refractivity contribution < 1.29 is 4.79 Å². The Kier molecular flexibility index (Phi) is 3.97. The summed E-state index contributed by atoms with van der Waals surface area (Å²) in [5, 5.41) is 0. The lowest BCUT2D eigenvalue weighted by atomic mass is 9.96. The van der Waals surface area contributed by atoms with E-state index in [9.17, 15) is 4.79 Å². The van der Waals surface area contributed by atoms with Crippen molar-refractivity contribution in [3.8, 4) is 0 Å². The molecular formula is C14H21N3O. The summed E-state index contributed by atoms with van der Waals surface area (Å²) < 4.78 is 0. The number of hydrogen-bond acceptors (Lipinski definition) is 3. The first-order chi connectivity index (χ1) is 8.59. The summed E-state index contributed by atoms with van der Waals surface area (Å²) in [7, 11) is 0. The van der Waals surface area contributed by atoms with Crippen LogP contribution in [0.3, 0.4) is 0 Å². The third-order valence-corrected chi connectivity index (χ3v) is 3.54. The minimum atomic E-state index is 0.0204.